The van der Waals surface area contributed by atoms with Crippen molar-refractivity contribution in [3.05, 3.63) is 75.3 Å². The van der Waals surface area contributed by atoms with Crippen LogP contribution in [0.1, 0.15) is 40.0 Å². The van der Waals surface area contributed by atoms with Crippen LogP contribution in [0, 0.1) is 26.7 Å². The number of hydrogen-bond donors (Lipinski definition) is 1. The normalized spacial score (nSPS) is 14.7. The van der Waals surface area contributed by atoms with Crippen molar-refractivity contribution in [1.82, 2.24) is 15.0 Å². The third-order valence-corrected chi connectivity index (χ3v) is 5.94. The first-order valence-corrected chi connectivity index (χ1v) is 10.3. The largest absolute Gasteiger partial charge is 0.357 e. The molecule has 1 saturated heterocycles. The predicted molar refractivity (Wildman–Crippen MR) is 118 cm³/mol. The maximum Gasteiger partial charge on any atom is 0.254 e. The van der Waals surface area contributed by atoms with Crippen molar-refractivity contribution in [2.24, 2.45) is 5.92 Å². The van der Waals surface area contributed by atoms with E-state index in [0.717, 1.165) is 54.1 Å². The summed E-state index contributed by atoms with van der Waals surface area (Å²) in [5.41, 5.74) is 3.97. The van der Waals surface area contributed by atoms with Crippen molar-refractivity contribution in [3.63, 3.8) is 0 Å². The van der Waals surface area contributed by atoms with Gasteiger partial charge >= 0.3 is 0 Å². The van der Waals surface area contributed by atoms with Crippen LogP contribution in [-0.4, -0.2) is 33.8 Å². The number of pyridine rings is 1. The summed E-state index contributed by atoms with van der Waals surface area (Å²) in [6, 6.07) is 11.7. The fraction of sp³-hybridized carbons (Fsp3) is 0.333. The molecular formula is C24H26N4O2. The number of nitrogens with one attached hydrogen (secondary N) is 1. The molecule has 6 heteroatoms. The summed E-state index contributed by atoms with van der Waals surface area (Å²) < 4.78 is 0. The van der Waals surface area contributed by atoms with Crippen LogP contribution in [0.4, 0.5) is 5.82 Å². The molecule has 154 valence electrons. The minimum absolute atomic E-state index is 0.0630. The molecule has 4 rings (SSSR count). The Bertz CT molecular complexity index is 1110. The Labute approximate surface area is 176 Å². The third-order valence-electron chi connectivity index (χ3n) is 5.94. The van der Waals surface area contributed by atoms with Gasteiger partial charge in [0.2, 0.25) is 0 Å². The van der Waals surface area contributed by atoms with E-state index < -0.39 is 0 Å². The van der Waals surface area contributed by atoms with Gasteiger partial charge in [-0.3, -0.25) is 9.59 Å². The number of piperidine rings is 1. The zero-order valence-electron chi connectivity index (χ0n) is 17.6. The molecule has 0 spiro atoms. The summed E-state index contributed by atoms with van der Waals surface area (Å²) in [6.07, 6.45) is 3.39. The zero-order chi connectivity index (χ0) is 21.3. The summed E-state index contributed by atoms with van der Waals surface area (Å²) in [4.78, 5) is 38.8. The van der Waals surface area contributed by atoms with Crippen molar-refractivity contribution in [1.29, 1.82) is 0 Å². The van der Waals surface area contributed by atoms with E-state index in [2.05, 4.69) is 19.9 Å². The third kappa shape index (κ3) is 4.03. The van der Waals surface area contributed by atoms with E-state index in [-0.39, 0.29) is 17.3 Å². The minimum atomic E-state index is -0.123. The Morgan fingerprint density at radius 3 is 2.33 bits per heavy atom. The maximum atomic E-state index is 12.8. The monoisotopic (exact) mass is 402 g/mol. The number of benzene rings is 1. The summed E-state index contributed by atoms with van der Waals surface area (Å²) >= 11 is 0. The molecule has 3 heterocycles. The Kier molecular flexibility index (Phi) is 5.48. The van der Waals surface area contributed by atoms with Gasteiger partial charge in [-0.25, -0.2) is 9.97 Å². The summed E-state index contributed by atoms with van der Waals surface area (Å²) in [5, 5.41) is 0. The van der Waals surface area contributed by atoms with E-state index in [1.165, 1.54) is 0 Å². The number of aromatic amines is 1. The lowest BCUT2D eigenvalue weighted by molar-refractivity contribution is 0.0900. The Morgan fingerprint density at radius 1 is 1.03 bits per heavy atom. The highest BCUT2D eigenvalue weighted by Gasteiger charge is 2.26. The predicted octanol–water partition coefficient (Wildman–Crippen LogP) is 3.86. The molecule has 1 aromatic carbocycles. The van der Waals surface area contributed by atoms with Gasteiger partial charge in [-0.15, -0.1) is 0 Å². The molecular weight excluding hydrogens is 376 g/mol. The molecule has 1 N–H and O–H groups in total. The van der Waals surface area contributed by atoms with Gasteiger partial charge in [0.25, 0.3) is 5.56 Å². The number of nitrogens with zero attached hydrogens (tertiary/aromatic N) is 3. The van der Waals surface area contributed by atoms with Crippen LogP contribution in [0.15, 0.2) is 47.4 Å². The number of aryl methyl sites for hydroxylation is 2. The van der Waals surface area contributed by atoms with Gasteiger partial charge in [-0.05, 0) is 45.7 Å². The van der Waals surface area contributed by atoms with E-state index >= 15 is 0 Å². The number of aromatic nitrogens is 3. The lowest BCUT2D eigenvalue weighted by atomic mass is 9.88. The molecule has 3 aromatic rings. The van der Waals surface area contributed by atoms with Crippen molar-refractivity contribution in [3.8, 4) is 11.4 Å². The van der Waals surface area contributed by atoms with Crippen LogP contribution in [0.2, 0.25) is 0 Å². The molecule has 0 amide bonds. The first-order valence-electron chi connectivity index (χ1n) is 10.3. The quantitative estimate of drug-likeness (QED) is 0.671. The molecule has 1 fully saturated rings. The van der Waals surface area contributed by atoms with Crippen LogP contribution < -0.4 is 10.5 Å². The Morgan fingerprint density at radius 2 is 1.73 bits per heavy atom. The molecule has 6 nitrogen and oxygen atoms in total. The molecule has 1 aliphatic rings. The van der Waals surface area contributed by atoms with Crippen molar-refractivity contribution in [2.45, 2.75) is 33.6 Å². The molecule has 0 radical (unpaired) electrons. The molecule has 0 aliphatic carbocycles. The fourth-order valence-electron chi connectivity index (χ4n) is 3.82. The van der Waals surface area contributed by atoms with Gasteiger partial charge in [0, 0.05) is 47.6 Å². The van der Waals surface area contributed by atoms with E-state index in [1.54, 1.807) is 13.1 Å². The second-order valence-corrected chi connectivity index (χ2v) is 8.02. The number of Topliss-reactive ketones (excluding diaryl/α,β-unsaturated/α-hetero) is 1. The van der Waals surface area contributed by atoms with Crippen LogP contribution in [0.25, 0.3) is 11.4 Å². The average Bonchev–Trinajstić information content (AvgIpc) is 2.77. The van der Waals surface area contributed by atoms with Crippen molar-refractivity contribution in [2.75, 3.05) is 18.0 Å². The van der Waals surface area contributed by atoms with Crippen LogP contribution in [0.5, 0.6) is 0 Å². The molecule has 2 aromatic heterocycles. The molecule has 30 heavy (non-hydrogen) atoms. The molecule has 0 bridgehead atoms. The topological polar surface area (TPSA) is 79.0 Å². The lowest BCUT2D eigenvalue weighted by Gasteiger charge is -2.32. The fourth-order valence-corrected chi connectivity index (χ4v) is 3.82. The molecule has 0 atom stereocenters. The highest BCUT2D eigenvalue weighted by molar-refractivity contribution is 5.98. The maximum absolute atomic E-state index is 12.8. The SMILES string of the molecule is Cc1ccc(C(=O)C2CCN(c3ccc(-c4nc(C)c(C)c(=O)[nH]4)cn3)CC2)cc1. The van der Waals surface area contributed by atoms with Crippen molar-refractivity contribution < 1.29 is 4.79 Å². The summed E-state index contributed by atoms with van der Waals surface area (Å²) in [6.45, 7) is 7.22. The molecule has 0 unspecified atom stereocenters. The number of anilines is 1. The summed E-state index contributed by atoms with van der Waals surface area (Å²) in [5.74, 6) is 1.71. The standard InChI is InChI=1S/C24H26N4O2/c1-15-4-6-18(7-5-15)22(29)19-10-12-28(13-11-19)21-9-8-20(14-25-21)23-26-17(3)16(2)24(30)27-23/h4-9,14,19H,10-13H2,1-3H3,(H,26,27,30). The van der Waals surface area contributed by atoms with Crippen LogP contribution in [0.3, 0.4) is 0 Å². The van der Waals surface area contributed by atoms with Crippen LogP contribution in [-0.2, 0) is 0 Å². The highest BCUT2D eigenvalue weighted by Crippen LogP contribution is 2.26. The van der Waals surface area contributed by atoms with E-state index in [0.29, 0.717) is 11.4 Å². The van der Waals surface area contributed by atoms with Gasteiger partial charge in [-0.2, -0.15) is 0 Å². The Hall–Kier alpha value is -3.28. The minimum Gasteiger partial charge on any atom is -0.357 e. The first kappa shape index (κ1) is 20.0. The van der Waals surface area contributed by atoms with Gasteiger partial charge < -0.3 is 9.88 Å². The number of carbonyl (C=O) groups excluding carboxylic acids is 1. The van der Waals surface area contributed by atoms with E-state index in [1.807, 2.05) is 50.2 Å². The number of ketones is 1. The van der Waals surface area contributed by atoms with Crippen molar-refractivity contribution >= 4 is 11.6 Å². The smallest absolute Gasteiger partial charge is 0.254 e. The molecule has 0 saturated carbocycles. The van der Waals surface area contributed by atoms with Gasteiger partial charge in [-0.1, -0.05) is 29.8 Å². The van der Waals surface area contributed by atoms with E-state index in [9.17, 15) is 9.59 Å². The van der Waals surface area contributed by atoms with Gasteiger partial charge in [0.05, 0.1) is 0 Å². The number of carbonyl (C=O) groups is 1. The second-order valence-electron chi connectivity index (χ2n) is 8.02. The van der Waals surface area contributed by atoms with E-state index in [4.69, 9.17) is 0 Å². The lowest BCUT2D eigenvalue weighted by Crippen LogP contribution is -2.36. The number of hydrogen-bond acceptors (Lipinski definition) is 5. The Balaban J connectivity index is 1.42. The van der Waals surface area contributed by atoms with Gasteiger partial charge in [0.1, 0.15) is 11.6 Å². The van der Waals surface area contributed by atoms with Crippen LogP contribution >= 0.6 is 0 Å². The summed E-state index contributed by atoms with van der Waals surface area (Å²) in [7, 11) is 0. The average molecular weight is 402 g/mol. The number of H-pyrrole nitrogens is 1. The first-order chi connectivity index (χ1) is 14.4. The zero-order valence-corrected chi connectivity index (χ0v) is 17.6. The van der Waals surface area contributed by atoms with Gasteiger partial charge in [0.15, 0.2) is 5.78 Å². The second kappa shape index (κ2) is 8.22. The molecule has 1 aliphatic heterocycles. The number of rotatable bonds is 4. The highest BCUT2D eigenvalue weighted by atomic mass is 16.1.